The molecule has 3 fully saturated rings. The highest BCUT2D eigenvalue weighted by molar-refractivity contribution is 6.41. The summed E-state index contributed by atoms with van der Waals surface area (Å²) in [5.74, 6) is 2.52. The van der Waals surface area contributed by atoms with E-state index in [4.69, 9.17) is 52.1 Å². The zero-order chi connectivity index (χ0) is 28.0. The monoisotopic (exact) mass is 585 g/mol. The van der Waals surface area contributed by atoms with Gasteiger partial charge in [0, 0.05) is 30.2 Å². The van der Waals surface area contributed by atoms with Crippen molar-refractivity contribution in [3.63, 3.8) is 0 Å². The van der Waals surface area contributed by atoms with Crippen molar-refractivity contribution in [3.8, 4) is 22.9 Å². The molecule has 0 unspecified atom stereocenters. The van der Waals surface area contributed by atoms with Crippen molar-refractivity contribution < 1.29 is 23.7 Å². The number of aromatic nitrogens is 3. The lowest BCUT2D eigenvalue weighted by Crippen LogP contribution is -2.68. The second kappa shape index (κ2) is 10.7. The summed E-state index contributed by atoms with van der Waals surface area (Å²) in [6, 6.07) is 3.50. The number of methoxy groups -OCH3 is 2. The number of rotatable bonds is 9. The Bertz CT molecular complexity index is 1460. The number of nitrogens with zero attached hydrogens (tertiary/aromatic N) is 4. The molecule has 10 nitrogen and oxygen atoms in total. The number of fused-ring (bicyclic) bond motifs is 1. The van der Waals surface area contributed by atoms with E-state index in [9.17, 15) is 4.79 Å². The molecule has 12 heteroatoms. The molecule has 2 aromatic heterocycles. The molecule has 3 aliphatic heterocycles. The predicted molar refractivity (Wildman–Crippen MR) is 153 cm³/mol. The fourth-order valence-corrected chi connectivity index (χ4v) is 6.13. The molecule has 2 atom stereocenters. The van der Waals surface area contributed by atoms with Crippen LogP contribution in [-0.2, 0) is 14.3 Å². The number of hydrogen-bond acceptors (Lipinski definition) is 10. The van der Waals surface area contributed by atoms with Crippen LogP contribution in [0.4, 0.5) is 11.6 Å². The third-order valence-electron chi connectivity index (χ3n) is 7.81. The summed E-state index contributed by atoms with van der Waals surface area (Å²) in [4.78, 5) is 28.6. The minimum Gasteiger partial charge on any atom is -0.495 e. The number of halogens is 2. The van der Waals surface area contributed by atoms with Crippen molar-refractivity contribution in [2.45, 2.75) is 24.5 Å². The average molecular weight is 586 g/mol. The van der Waals surface area contributed by atoms with Crippen molar-refractivity contribution in [1.82, 2.24) is 15.0 Å². The highest BCUT2D eigenvalue weighted by atomic mass is 35.5. The molecule has 40 heavy (non-hydrogen) atoms. The molecule has 5 heterocycles. The Morgan fingerprint density at radius 3 is 2.55 bits per heavy atom. The van der Waals surface area contributed by atoms with Gasteiger partial charge in [0.05, 0.1) is 80.5 Å². The zero-order valence-electron chi connectivity index (χ0n) is 22.2. The molecule has 1 N–H and O–H groups in total. The van der Waals surface area contributed by atoms with E-state index in [2.05, 4.69) is 21.8 Å². The van der Waals surface area contributed by atoms with E-state index < -0.39 is 0 Å². The SMILES string of the molecule is C=CC(=O)C[C@H]1COC[C@H]1Nc1cc2c(N3CC4(CCO4)C3)nc(-c3c(Cl)c(OC)cc(OC)c3Cl)nc2cn1. The first-order valence-electron chi connectivity index (χ1n) is 13.0. The van der Waals surface area contributed by atoms with Crippen LogP contribution in [0, 0.1) is 5.92 Å². The van der Waals surface area contributed by atoms with Crippen molar-refractivity contribution in [2.75, 3.05) is 57.3 Å². The smallest absolute Gasteiger partial charge is 0.165 e. The number of pyridine rings is 1. The standard InChI is InChI=1S/C28H29Cl2N5O5/c1-4-16(36)7-15-11-39-12-19(15)32-22-8-17-18(10-31-22)33-26(34-27(17)35-13-28(14-35)5-6-40-28)23-24(29)20(37-2)9-21(38-3)25(23)30/h4,8-10,15,19H,1,5-7,11-14H2,2-3H3,(H,31,32)/t15-,19+/m0/s1. The number of anilines is 2. The first-order valence-corrected chi connectivity index (χ1v) is 13.8. The second-order valence-electron chi connectivity index (χ2n) is 10.3. The van der Waals surface area contributed by atoms with Gasteiger partial charge in [-0.3, -0.25) is 4.79 Å². The van der Waals surface area contributed by atoms with Gasteiger partial charge in [-0.15, -0.1) is 0 Å². The molecule has 0 saturated carbocycles. The van der Waals surface area contributed by atoms with Crippen molar-refractivity contribution in [2.24, 2.45) is 5.92 Å². The molecule has 1 spiro atoms. The molecule has 0 amide bonds. The van der Waals surface area contributed by atoms with Gasteiger partial charge in [0.15, 0.2) is 11.6 Å². The number of nitrogens with one attached hydrogen (secondary N) is 1. The van der Waals surface area contributed by atoms with Gasteiger partial charge < -0.3 is 29.2 Å². The highest BCUT2D eigenvalue weighted by Crippen LogP contribution is 2.47. The number of benzene rings is 1. The fourth-order valence-electron chi connectivity index (χ4n) is 5.46. The van der Waals surface area contributed by atoms with Crippen LogP contribution in [0.2, 0.25) is 10.0 Å². The van der Waals surface area contributed by atoms with Crippen LogP contribution in [-0.4, -0.2) is 79.5 Å². The lowest BCUT2D eigenvalue weighted by atomic mass is 9.86. The van der Waals surface area contributed by atoms with Gasteiger partial charge in [0.2, 0.25) is 0 Å². The van der Waals surface area contributed by atoms with Gasteiger partial charge in [-0.05, 0) is 12.1 Å². The Morgan fingerprint density at radius 1 is 1.20 bits per heavy atom. The van der Waals surface area contributed by atoms with E-state index in [1.165, 1.54) is 20.3 Å². The highest BCUT2D eigenvalue weighted by Gasteiger charge is 2.50. The number of ketones is 1. The van der Waals surface area contributed by atoms with Crippen LogP contribution >= 0.6 is 23.2 Å². The summed E-state index contributed by atoms with van der Waals surface area (Å²) in [5.41, 5.74) is 0.917. The maximum Gasteiger partial charge on any atom is 0.165 e. The predicted octanol–water partition coefficient (Wildman–Crippen LogP) is 4.57. The molecular formula is C28H29Cl2N5O5. The molecule has 3 saturated heterocycles. The fraction of sp³-hybridized carbons (Fsp3) is 0.429. The van der Waals surface area contributed by atoms with E-state index in [0.717, 1.165) is 37.3 Å². The molecule has 0 radical (unpaired) electrons. The molecular weight excluding hydrogens is 557 g/mol. The van der Waals surface area contributed by atoms with Gasteiger partial charge in [0.1, 0.15) is 28.7 Å². The third kappa shape index (κ3) is 4.72. The van der Waals surface area contributed by atoms with Crippen molar-refractivity contribution in [3.05, 3.63) is 41.0 Å². The second-order valence-corrected chi connectivity index (χ2v) is 11.1. The van der Waals surface area contributed by atoms with Gasteiger partial charge in [0.25, 0.3) is 0 Å². The number of hydrogen-bond donors (Lipinski definition) is 1. The Balaban J connectivity index is 1.41. The van der Waals surface area contributed by atoms with Crippen LogP contribution in [0.3, 0.4) is 0 Å². The quantitative estimate of drug-likeness (QED) is 0.359. The van der Waals surface area contributed by atoms with E-state index in [1.54, 1.807) is 12.3 Å². The molecule has 3 aromatic rings. The van der Waals surface area contributed by atoms with Crippen molar-refractivity contribution >= 4 is 51.5 Å². The van der Waals surface area contributed by atoms with Gasteiger partial charge in [-0.2, -0.15) is 0 Å². The molecule has 0 bridgehead atoms. The largest absolute Gasteiger partial charge is 0.495 e. The first-order chi connectivity index (χ1) is 19.3. The van der Waals surface area contributed by atoms with E-state index in [0.29, 0.717) is 53.9 Å². The number of carbonyl (C=O) groups is 1. The van der Waals surface area contributed by atoms with Crippen LogP contribution in [0.25, 0.3) is 22.3 Å². The number of carbonyl (C=O) groups excluding carboxylic acids is 1. The maximum atomic E-state index is 12.0. The van der Waals surface area contributed by atoms with Gasteiger partial charge >= 0.3 is 0 Å². The lowest BCUT2D eigenvalue weighted by molar-refractivity contribution is -0.161. The lowest BCUT2D eigenvalue weighted by Gasteiger charge is -2.55. The zero-order valence-corrected chi connectivity index (χ0v) is 23.7. The minimum absolute atomic E-state index is 0.00610. The topological polar surface area (TPSA) is 108 Å². The molecule has 3 aliphatic rings. The van der Waals surface area contributed by atoms with Crippen LogP contribution < -0.4 is 19.7 Å². The molecule has 0 aliphatic carbocycles. The Hall–Kier alpha value is -3.18. The van der Waals surface area contributed by atoms with Crippen LogP contribution in [0.1, 0.15) is 12.8 Å². The van der Waals surface area contributed by atoms with Crippen molar-refractivity contribution in [1.29, 1.82) is 0 Å². The Morgan fingerprint density at radius 2 is 1.93 bits per heavy atom. The molecule has 6 rings (SSSR count). The van der Waals surface area contributed by atoms with Crippen LogP contribution in [0.5, 0.6) is 11.5 Å². The normalized spacial score (nSPS) is 21.1. The summed E-state index contributed by atoms with van der Waals surface area (Å²) in [6.07, 6.45) is 4.44. The summed E-state index contributed by atoms with van der Waals surface area (Å²) in [5, 5.41) is 4.84. The van der Waals surface area contributed by atoms with Gasteiger partial charge in [-0.25, -0.2) is 15.0 Å². The average Bonchev–Trinajstić information content (AvgIpc) is 3.33. The Kier molecular flexibility index (Phi) is 7.20. The van der Waals surface area contributed by atoms with E-state index in [-0.39, 0.29) is 33.4 Å². The molecule has 1 aromatic carbocycles. The summed E-state index contributed by atoms with van der Waals surface area (Å²) >= 11 is 13.4. The summed E-state index contributed by atoms with van der Waals surface area (Å²) in [7, 11) is 3.05. The summed E-state index contributed by atoms with van der Waals surface area (Å²) < 4.78 is 22.4. The molecule has 210 valence electrons. The van der Waals surface area contributed by atoms with Gasteiger partial charge in [-0.1, -0.05) is 29.8 Å². The number of ether oxygens (including phenoxy) is 4. The summed E-state index contributed by atoms with van der Waals surface area (Å²) in [6.45, 7) is 6.78. The first kappa shape index (κ1) is 27.0. The number of allylic oxidation sites excluding steroid dienone is 1. The van der Waals surface area contributed by atoms with E-state index in [1.807, 2.05) is 6.07 Å². The van der Waals surface area contributed by atoms with E-state index >= 15 is 0 Å². The third-order valence-corrected chi connectivity index (χ3v) is 8.56. The van der Waals surface area contributed by atoms with Crippen LogP contribution in [0.15, 0.2) is 31.0 Å². The maximum absolute atomic E-state index is 12.0. The minimum atomic E-state index is -0.119. The Labute approximate surface area is 241 Å².